The van der Waals surface area contributed by atoms with Gasteiger partial charge in [0.2, 0.25) is 0 Å². The van der Waals surface area contributed by atoms with Gasteiger partial charge in [0.05, 0.1) is 0 Å². The standard InChI is InChI=1S/C14H18BO2/c1-6-11-7-9-12(10-8-11)15-17-14(4,5)13(2,3)16/h1,7-10,16H,2-5H3/p+1. The minimum atomic E-state index is -0.664. The van der Waals surface area contributed by atoms with Gasteiger partial charge < -0.3 is 9.76 Å². The van der Waals surface area contributed by atoms with E-state index in [1.807, 2.05) is 52.0 Å². The summed E-state index contributed by atoms with van der Waals surface area (Å²) in [4.78, 5) is 0. The van der Waals surface area contributed by atoms with E-state index < -0.39 is 11.2 Å². The number of rotatable bonds is 4. The average Bonchev–Trinajstić information content (AvgIpc) is 2.25. The van der Waals surface area contributed by atoms with E-state index in [-0.39, 0.29) is 0 Å². The zero-order valence-electron chi connectivity index (χ0n) is 10.9. The van der Waals surface area contributed by atoms with Gasteiger partial charge in [0.25, 0.3) is 0 Å². The van der Waals surface area contributed by atoms with Crippen LogP contribution in [0.4, 0.5) is 0 Å². The molecule has 89 valence electrons. The summed E-state index contributed by atoms with van der Waals surface area (Å²) in [6, 6.07) is 7.55. The predicted molar refractivity (Wildman–Crippen MR) is 72.6 cm³/mol. The van der Waals surface area contributed by atoms with Crippen LogP contribution in [0.3, 0.4) is 0 Å². The molecule has 0 amide bonds. The zero-order chi connectivity index (χ0) is 13.1. The first-order valence-electron chi connectivity index (χ1n) is 5.59. The second-order valence-corrected chi connectivity index (χ2v) is 5.14. The van der Waals surface area contributed by atoms with Crippen molar-refractivity contribution >= 4 is 12.9 Å². The quantitative estimate of drug-likeness (QED) is 0.434. The van der Waals surface area contributed by atoms with Crippen molar-refractivity contribution in [3.05, 3.63) is 29.8 Å². The molecule has 1 aromatic carbocycles. The monoisotopic (exact) mass is 230 g/mol. The topological polar surface area (TPSA) is 32.1 Å². The molecule has 0 heterocycles. The summed E-state index contributed by atoms with van der Waals surface area (Å²) in [6.07, 6.45) is 5.28. The number of hydrogen-bond donors (Lipinski definition) is 0. The van der Waals surface area contributed by atoms with E-state index in [0.29, 0.717) is 0 Å². The Morgan fingerprint density at radius 1 is 1.18 bits per heavy atom. The van der Waals surface area contributed by atoms with Gasteiger partial charge in [-0.25, -0.2) is 0 Å². The minimum absolute atomic E-state index is 0.544. The zero-order valence-corrected chi connectivity index (χ0v) is 10.9. The van der Waals surface area contributed by atoms with Crippen LogP contribution in [-0.4, -0.2) is 23.8 Å². The maximum absolute atomic E-state index is 7.99. The first kappa shape index (κ1) is 13.8. The maximum Gasteiger partial charge on any atom is 0.331 e. The van der Waals surface area contributed by atoms with E-state index in [4.69, 9.17) is 16.2 Å². The lowest BCUT2D eigenvalue weighted by atomic mass is 9.82. The molecule has 0 atom stereocenters. The highest BCUT2D eigenvalue weighted by molar-refractivity contribution is 6.47. The van der Waals surface area contributed by atoms with Crippen molar-refractivity contribution in [2.24, 2.45) is 0 Å². The normalized spacial score (nSPS) is 12.0. The average molecular weight is 230 g/mol. The van der Waals surface area contributed by atoms with Crippen LogP contribution in [0.1, 0.15) is 33.3 Å². The molecule has 3 heteroatoms. The molecule has 17 heavy (non-hydrogen) atoms. The second kappa shape index (κ2) is 4.95. The van der Waals surface area contributed by atoms with Crippen molar-refractivity contribution < 1.29 is 9.76 Å². The maximum atomic E-state index is 7.99. The van der Waals surface area contributed by atoms with Crippen LogP contribution in [0.2, 0.25) is 0 Å². The lowest BCUT2D eigenvalue weighted by Gasteiger charge is -2.33. The van der Waals surface area contributed by atoms with Gasteiger partial charge >= 0.3 is 7.48 Å². The summed E-state index contributed by atoms with van der Waals surface area (Å²) >= 11 is 0. The largest absolute Gasteiger partial charge is 0.439 e. The van der Waals surface area contributed by atoms with E-state index in [1.54, 1.807) is 7.48 Å². The first-order valence-corrected chi connectivity index (χ1v) is 5.59. The summed E-state index contributed by atoms with van der Waals surface area (Å²) in [6.45, 7) is 7.49. The van der Waals surface area contributed by atoms with Gasteiger partial charge in [-0.15, -0.1) is 6.42 Å². The molecule has 0 spiro atoms. The third kappa shape index (κ3) is 3.62. The highest BCUT2D eigenvalue weighted by atomic mass is 16.5. The molecule has 0 unspecified atom stereocenters. The summed E-state index contributed by atoms with van der Waals surface area (Å²) in [7, 11) is 1.68. The Morgan fingerprint density at radius 3 is 2.12 bits per heavy atom. The van der Waals surface area contributed by atoms with Crippen LogP contribution in [0, 0.1) is 12.3 Å². The van der Waals surface area contributed by atoms with Gasteiger partial charge in [-0.3, -0.25) is 0 Å². The van der Waals surface area contributed by atoms with Crippen LogP contribution in [0.5, 0.6) is 0 Å². The van der Waals surface area contributed by atoms with Crippen LogP contribution in [0.25, 0.3) is 0 Å². The predicted octanol–water partition coefficient (Wildman–Crippen LogP) is 1.21. The molecule has 1 radical (unpaired) electrons. The van der Waals surface area contributed by atoms with Crippen molar-refractivity contribution in [2.75, 3.05) is 0 Å². The lowest BCUT2D eigenvalue weighted by Crippen LogP contribution is -2.49. The number of benzene rings is 1. The summed E-state index contributed by atoms with van der Waals surface area (Å²) in [5.41, 5.74) is 0.587. The van der Waals surface area contributed by atoms with Crippen molar-refractivity contribution in [1.29, 1.82) is 0 Å². The first-order chi connectivity index (χ1) is 7.76. The van der Waals surface area contributed by atoms with E-state index >= 15 is 0 Å². The molecule has 0 aromatic heterocycles. The van der Waals surface area contributed by atoms with E-state index in [1.165, 1.54) is 0 Å². The minimum Gasteiger partial charge on any atom is -0.439 e. The Kier molecular flexibility index (Phi) is 4.03. The molecule has 0 aliphatic rings. The summed E-state index contributed by atoms with van der Waals surface area (Å²) < 4.78 is 5.69. The Hall–Kier alpha value is -1.24. The third-order valence-corrected chi connectivity index (χ3v) is 3.07. The van der Waals surface area contributed by atoms with Gasteiger partial charge in [0.15, 0.2) is 5.60 Å². The van der Waals surface area contributed by atoms with Crippen LogP contribution in [-0.2, 0) is 4.65 Å². The van der Waals surface area contributed by atoms with Crippen molar-refractivity contribution in [2.45, 2.75) is 38.9 Å². The van der Waals surface area contributed by atoms with Gasteiger partial charge in [-0.05, 0) is 26.0 Å². The fraction of sp³-hybridized carbons (Fsp3) is 0.429. The Labute approximate surface area is 104 Å². The third-order valence-electron chi connectivity index (χ3n) is 3.07. The van der Waals surface area contributed by atoms with Crippen molar-refractivity contribution in [1.82, 2.24) is 0 Å². The molecule has 1 rings (SSSR count). The van der Waals surface area contributed by atoms with Crippen LogP contribution in [0.15, 0.2) is 24.3 Å². The van der Waals surface area contributed by atoms with Gasteiger partial charge in [0, 0.05) is 19.4 Å². The number of hydrogen-bond acceptors (Lipinski definition) is 1. The fourth-order valence-corrected chi connectivity index (χ4v) is 1.02. The van der Waals surface area contributed by atoms with E-state index in [0.717, 1.165) is 11.0 Å². The van der Waals surface area contributed by atoms with E-state index in [9.17, 15) is 0 Å². The van der Waals surface area contributed by atoms with Crippen molar-refractivity contribution in [3.8, 4) is 12.3 Å². The fourth-order valence-electron chi connectivity index (χ4n) is 1.02. The van der Waals surface area contributed by atoms with Crippen molar-refractivity contribution in [3.63, 3.8) is 0 Å². The highest BCUT2D eigenvalue weighted by Crippen LogP contribution is 2.24. The van der Waals surface area contributed by atoms with Gasteiger partial charge in [-0.2, -0.15) is 0 Å². The highest BCUT2D eigenvalue weighted by Gasteiger charge is 2.40. The molecule has 0 saturated carbocycles. The molecule has 2 nitrogen and oxygen atoms in total. The van der Waals surface area contributed by atoms with Gasteiger partial charge in [-0.1, -0.05) is 23.5 Å². The second-order valence-electron chi connectivity index (χ2n) is 5.14. The summed E-state index contributed by atoms with van der Waals surface area (Å²) in [5.74, 6) is 2.57. The molecule has 0 fully saturated rings. The van der Waals surface area contributed by atoms with E-state index in [2.05, 4.69) is 5.92 Å². The molecular weight excluding hydrogens is 211 g/mol. The molecule has 2 N–H and O–H groups in total. The lowest BCUT2D eigenvalue weighted by molar-refractivity contribution is -0.0893. The molecular formula is C14H19BO2+. The molecule has 0 bridgehead atoms. The van der Waals surface area contributed by atoms with Crippen LogP contribution < -0.4 is 5.46 Å². The Balaban J connectivity index is 2.65. The molecule has 0 aliphatic carbocycles. The number of terminal acetylenes is 1. The Bertz CT molecular complexity index is 407. The van der Waals surface area contributed by atoms with Crippen LogP contribution >= 0.6 is 0 Å². The van der Waals surface area contributed by atoms with Gasteiger partial charge in [0.1, 0.15) is 5.60 Å². The smallest absolute Gasteiger partial charge is 0.331 e. The Morgan fingerprint density at radius 2 is 1.71 bits per heavy atom. The molecule has 0 saturated heterocycles. The molecule has 0 aliphatic heterocycles. The summed E-state index contributed by atoms with van der Waals surface area (Å²) in [5, 5.41) is 7.99. The molecule has 1 aromatic rings. The SMILES string of the molecule is C#Cc1ccc([B]OC(C)(C)C(C)(C)[OH2+])cc1.